The predicted octanol–water partition coefficient (Wildman–Crippen LogP) is 2.73. The van der Waals surface area contributed by atoms with E-state index in [1.807, 2.05) is 49.5 Å². The molecule has 2 N–H and O–H groups in total. The maximum absolute atomic E-state index is 12.1. The van der Waals surface area contributed by atoms with Gasteiger partial charge in [-0.15, -0.1) is 0 Å². The third kappa shape index (κ3) is 2.94. The molecule has 0 aliphatic heterocycles. The summed E-state index contributed by atoms with van der Waals surface area (Å²) in [4.78, 5) is 19.5. The number of rotatable bonds is 4. The van der Waals surface area contributed by atoms with Gasteiger partial charge in [-0.05, 0) is 30.2 Å². The molecule has 0 fully saturated rings. The van der Waals surface area contributed by atoms with Crippen LogP contribution in [0.2, 0.25) is 0 Å². The normalized spacial score (nSPS) is 10.7. The first-order chi connectivity index (χ1) is 10.2. The molecule has 2 aromatic heterocycles. The summed E-state index contributed by atoms with van der Waals surface area (Å²) in [6.45, 7) is 2.46. The second-order valence-electron chi connectivity index (χ2n) is 5.08. The fourth-order valence-corrected chi connectivity index (χ4v) is 2.40. The number of benzene rings is 1. The van der Waals surface area contributed by atoms with Crippen LogP contribution in [0.25, 0.3) is 10.9 Å². The largest absolute Gasteiger partial charge is 0.361 e. The van der Waals surface area contributed by atoms with Crippen LogP contribution in [0.15, 0.2) is 48.8 Å². The number of nitrogens with zero attached hydrogens (tertiary/aromatic N) is 1. The average molecular weight is 279 g/mol. The Hall–Kier alpha value is -2.62. The molecule has 4 heteroatoms. The number of hydrogen-bond acceptors (Lipinski definition) is 2. The monoisotopic (exact) mass is 279 g/mol. The van der Waals surface area contributed by atoms with Crippen molar-refractivity contribution in [2.75, 3.05) is 0 Å². The highest BCUT2D eigenvalue weighted by Crippen LogP contribution is 2.18. The van der Waals surface area contributed by atoms with E-state index in [2.05, 4.69) is 15.3 Å². The number of aromatic amines is 1. The summed E-state index contributed by atoms with van der Waals surface area (Å²) in [6, 6.07) is 11.9. The fourth-order valence-electron chi connectivity index (χ4n) is 2.40. The summed E-state index contributed by atoms with van der Waals surface area (Å²) in [5, 5.41) is 4.03. The van der Waals surface area contributed by atoms with Crippen molar-refractivity contribution in [3.63, 3.8) is 0 Å². The quantitative estimate of drug-likeness (QED) is 0.771. The van der Waals surface area contributed by atoms with E-state index in [0.717, 1.165) is 27.7 Å². The van der Waals surface area contributed by atoms with Crippen LogP contribution in [0.4, 0.5) is 0 Å². The van der Waals surface area contributed by atoms with Crippen molar-refractivity contribution in [2.45, 2.75) is 19.9 Å². The van der Waals surface area contributed by atoms with Crippen molar-refractivity contribution >= 4 is 16.8 Å². The number of hydrogen-bond donors (Lipinski definition) is 2. The molecular weight excluding hydrogens is 262 g/mol. The Morgan fingerprint density at radius 3 is 2.95 bits per heavy atom. The SMILES string of the molecule is Cc1cccnc1CNC(=O)Cc1c[nH]c2ccccc12. The van der Waals surface area contributed by atoms with Gasteiger partial charge < -0.3 is 10.3 Å². The van der Waals surface area contributed by atoms with Gasteiger partial charge in [0.25, 0.3) is 0 Å². The van der Waals surface area contributed by atoms with E-state index in [1.165, 1.54) is 0 Å². The van der Waals surface area contributed by atoms with Gasteiger partial charge in [-0.3, -0.25) is 9.78 Å². The molecule has 0 aliphatic carbocycles. The molecule has 0 radical (unpaired) electrons. The standard InChI is InChI=1S/C17H17N3O/c1-12-5-4-8-18-16(12)11-20-17(21)9-13-10-19-15-7-3-2-6-14(13)15/h2-8,10,19H,9,11H2,1H3,(H,20,21). The van der Waals surface area contributed by atoms with Crippen LogP contribution < -0.4 is 5.32 Å². The first kappa shape index (κ1) is 13.4. The molecule has 1 aromatic carbocycles. The molecule has 0 unspecified atom stereocenters. The van der Waals surface area contributed by atoms with Gasteiger partial charge in [0.2, 0.25) is 5.91 Å². The summed E-state index contributed by atoms with van der Waals surface area (Å²) < 4.78 is 0. The third-order valence-corrected chi connectivity index (χ3v) is 3.60. The minimum Gasteiger partial charge on any atom is -0.361 e. The van der Waals surface area contributed by atoms with E-state index in [9.17, 15) is 4.79 Å². The van der Waals surface area contributed by atoms with E-state index in [4.69, 9.17) is 0 Å². The first-order valence-corrected chi connectivity index (χ1v) is 6.96. The minimum absolute atomic E-state index is 0.00445. The Morgan fingerprint density at radius 1 is 1.24 bits per heavy atom. The highest BCUT2D eigenvalue weighted by Gasteiger charge is 2.09. The lowest BCUT2D eigenvalue weighted by atomic mass is 10.1. The van der Waals surface area contributed by atoms with E-state index < -0.39 is 0 Å². The number of aromatic nitrogens is 2. The summed E-state index contributed by atoms with van der Waals surface area (Å²) in [5.74, 6) is 0.00445. The van der Waals surface area contributed by atoms with Crippen molar-refractivity contribution in [1.82, 2.24) is 15.3 Å². The minimum atomic E-state index is 0.00445. The maximum atomic E-state index is 12.1. The molecule has 4 nitrogen and oxygen atoms in total. The lowest BCUT2D eigenvalue weighted by Crippen LogP contribution is -2.25. The molecule has 0 saturated carbocycles. The molecule has 0 bridgehead atoms. The predicted molar refractivity (Wildman–Crippen MR) is 82.8 cm³/mol. The zero-order valence-electron chi connectivity index (χ0n) is 11.9. The van der Waals surface area contributed by atoms with Crippen LogP contribution in [0, 0.1) is 6.92 Å². The molecule has 106 valence electrons. The number of H-pyrrole nitrogens is 1. The average Bonchev–Trinajstić information content (AvgIpc) is 2.90. The Balaban J connectivity index is 1.66. The smallest absolute Gasteiger partial charge is 0.224 e. The van der Waals surface area contributed by atoms with Crippen LogP contribution in [-0.2, 0) is 17.8 Å². The fraction of sp³-hybridized carbons (Fsp3) is 0.176. The van der Waals surface area contributed by atoms with E-state index >= 15 is 0 Å². The van der Waals surface area contributed by atoms with Crippen LogP contribution in [0.5, 0.6) is 0 Å². The van der Waals surface area contributed by atoms with E-state index in [1.54, 1.807) is 6.20 Å². The number of aryl methyl sites for hydroxylation is 1. The zero-order valence-corrected chi connectivity index (χ0v) is 11.9. The Bertz CT molecular complexity index is 776. The van der Waals surface area contributed by atoms with Crippen LogP contribution in [0.3, 0.4) is 0 Å². The molecule has 0 aliphatic rings. The number of amides is 1. The van der Waals surface area contributed by atoms with Gasteiger partial charge in [0.15, 0.2) is 0 Å². The van der Waals surface area contributed by atoms with Crippen molar-refractivity contribution in [3.8, 4) is 0 Å². The van der Waals surface area contributed by atoms with Gasteiger partial charge >= 0.3 is 0 Å². The van der Waals surface area contributed by atoms with Gasteiger partial charge in [0.1, 0.15) is 0 Å². The van der Waals surface area contributed by atoms with Crippen molar-refractivity contribution in [2.24, 2.45) is 0 Å². The van der Waals surface area contributed by atoms with E-state index in [-0.39, 0.29) is 5.91 Å². The molecule has 3 rings (SSSR count). The summed E-state index contributed by atoms with van der Waals surface area (Å²) in [5.41, 5.74) is 4.07. The van der Waals surface area contributed by atoms with Crippen molar-refractivity contribution < 1.29 is 4.79 Å². The number of nitrogens with one attached hydrogen (secondary N) is 2. The lowest BCUT2D eigenvalue weighted by molar-refractivity contribution is -0.120. The number of para-hydroxylation sites is 1. The van der Waals surface area contributed by atoms with Crippen LogP contribution in [-0.4, -0.2) is 15.9 Å². The molecule has 2 heterocycles. The molecular formula is C17H17N3O. The highest BCUT2D eigenvalue weighted by atomic mass is 16.1. The highest BCUT2D eigenvalue weighted by molar-refractivity contribution is 5.88. The Morgan fingerprint density at radius 2 is 2.10 bits per heavy atom. The maximum Gasteiger partial charge on any atom is 0.224 e. The Labute approximate surface area is 123 Å². The number of carbonyl (C=O) groups excluding carboxylic acids is 1. The third-order valence-electron chi connectivity index (χ3n) is 3.60. The molecule has 0 spiro atoms. The van der Waals surface area contributed by atoms with Crippen molar-refractivity contribution in [3.05, 3.63) is 65.6 Å². The second kappa shape index (κ2) is 5.79. The number of pyridine rings is 1. The van der Waals surface area contributed by atoms with Gasteiger partial charge in [-0.25, -0.2) is 0 Å². The summed E-state index contributed by atoms with van der Waals surface area (Å²) in [6.07, 6.45) is 4.01. The molecule has 0 atom stereocenters. The van der Waals surface area contributed by atoms with E-state index in [0.29, 0.717) is 13.0 Å². The topological polar surface area (TPSA) is 57.8 Å². The Kier molecular flexibility index (Phi) is 3.69. The second-order valence-corrected chi connectivity index (χ2v) is 5.08. The van der Waals surface area contributed by atoms with Gasteiger partial charge in [-0.1, -0.05) is 24.3 Å². The van der Waals surface area contributed by atoms with Crippen molar-refractivity contribution in [1.29, 1.82) is 0 Å². The summed E-state index contributed by atoms with van der Waals surface area (Å²) >= 11 is 0. The van der Waals surface area contributed by atoms with Gasteiger partial charge in [0.05, 0.1) is 18.7 Å². The number of fused-ring (bicyclic) bond motifs is 1. The number of carbonyl (C=O) groups is 1. The first-order valence-electron chi connectivity index (χ1n) is 6.96. The molecule has 3 aromatic rings. The van der Waals surface area contributed by atoms with Gasteiger partial charge in [0, 0.05) is 23.3 Å². The lowest BCUT2D eigenvalue weighted by Gasteiger charge is -2.06. The molecule has 21 heavy (non-hydrogen) atoms. The van der Waals surface area contributed by atoms with Crippen LogP contribution in [0.1, 0.15) is 16.8 Å². The summed E-state index contributed by atoms with van der Waals surface area (Å²) in [7, 11) is 0. The molecule has 0 saturated heterocycles. The van der Waals surface area contributed by atoms with Crippen LogP contribution >= 0.6 is 0 Å². The molecule has 1 amide bonds. The zero-order chi connectivity index (χ0) is 14.7. The van der Waals surface area contributed by atoms with Gasteiger partial charge in [-0.2, -0.15) is 0 Å².